The Morgan fingerprint density at radius 3 is 2.84 bits per heavy atom. The zero-order chi connectivity index (χ0) is 13.8. The van der Waals surface area contributed by atoms with Crippen molar-refractivity contribution in [2.45, 2.75) is 45.3 Å². The zero-order valence-electron chi connectivity index (χ0n) is 11.9. The van der Waals surface area contributed by atoms with Crippen LogP contribution in [0.2, 0.25) is 5.15 Å². The lowest BCUT2D eigenvalue weighted by molar-refractivity contribution is 0.709. The van der Waals surface area contributed by atoms with Crippen molar-refractivity contribution in [1.82, 2.24) is 9.97 Å². The predicted molar refractivity (Wildman–Crippen MR) is 84.5 cm³/mol. The van der Waals surface area contributed by atoms with E-state index in [-0.39, 0.29) is 0 Å². The van der Waals surface area contributed by atoms with Crippen LogP contribution < -0.4 is 4.90 Å². The topological polar surface area (TPSA) is 29.0 Å². The van der Waals surface area contributed by atoms with Gasteiger partial charge in [0.25, 0.3) is 0 Å². The number of hydrogen-bond donors (Lipinski definition) is 0. The van der Waals surface area contributed by atoms with Gasteiger partial charge in [-0.05, 0) is 19.8 Å². The minimum atomic E-state index is 0.611. The van der Waals surface area contributed by atoms with Gasteiger partial charge in [-0.3, -0.25) is 0 Å². The molecule has 2 rings (SSSR count). The molecule has 1 aliphatic heterocycles. The Labute approximate surface area is 125 Å². The lowest BCUT2D eigenvalue weighted by atomic mass is 10.2. The highest BCUT2D eigenvalue weighted by molar-refractivity contribution is 8.00. The fourth-order valence-corrected chi connectivity index (χ4v) is 3.68. The molecule has 1 aromatic heterocycles. The van der Waals surface area contributed by atoms with E-state index in [9.17, 15) is 0 Å². The lowest BCUT2D eigenvalue weighted by Crippen LogP contribution is -2.38. The van der Waals surface area contributed by atoms with Gasteiger partial charge in [-0.1, -0.05) is 25.4 Å². The number of hydrogen-bond acceptors (Lipinski definition) is 4. The molecule has 1 aromatic rings. The van der Waals surface area contributed by atoms with Crippen LogP contribution >= 0.6 is 23.4 Å². The summed E-state index contributed by atoms with van der Waals surface area (Å²) in [5.74, 6) is 3.09. The number of aryl methyl sites for hydroxylation is 1. The van der Waals surface area contributed by atoms with Gasteiger partial charge in [-0.25, -0.2) is 9.97 Å². The first-order valence-electron chi connectivity index (χ1n) is 7.05. The normalized spacial score (nSPS) is 19.8. The van der Waals surface area contributed by atoms with Gasteiger partial charge in [-0.2, -0.15) is 11.8 Å². The molecule has 0 aromatic carbocycles. The van der Waals surface area contributed by atoms with Gasteiger partial charge in [0.1, 0.15) is 16.8 Å². The number of rotatable bonds is 4. The molecule has 0 spiro atoms. The molecule has 1 saturated heterocycles. The van der Waals surface area contributed by atoms with Crippen molar-refractivity contribution in [2.75, 3.05) is 23.7 Å². The summed E-state index contributed by atoms with van der Waals surface area (Å²) in [6, 6.07) is 0. The quantitative estimate of drug-likeness (QED) is 0.792. The molecular formula is C14H22ClN3S. The SMILES string of the molecule is CCCc1nc(Cl)c(C)c(N2CCSC(CC)C2)n1. The highest BCUT2D eigenvalue weighted by Gasteiger charge is 2.22. The molecule has 0 radical (unpaired) electrons. The smallest absolute Gasteiger partial charge is 0.137 e. The van der Waals surface area contributed by atoms with Crippen molar-refractivity contribution in [1.29, 1.82) is 0 Å². The summed E-state index contributed by atoms with van der Waals surface area (Å²) in [4.78, 5) is 11.5. The summed E-state index contributed by atoms with van der Waals surface area (Å²) in [5.41, 5.74) is 1.02. The highest BCUT2D eigenvalue weighted by atomic mass is 35.5. The van der Waals surface area contributed by atoms with Crippen LogP contribution in [-0.2, 0) is 6.42 Å². The summed E-state index contributed by atoms with van der Waals surface area (Å²) < 4.78 is 0. The molecule has 5 heteroatoms. The number of nitrogens with zero attached hydrogens (tertiary/aromatic N) is 3. The van der Waals surface area contributed by atoms with Crippen LogP contribution in [-0.4, -0.2) is 34.1 Å². The molecular weight excluding hydrogens is 278 g/mol. The fourth-order valence-electron chi connectivity index (χ4n) is 2.32. The molecule has 1 aliphatic rings. The summed E-state index contributed by atoms with van der Waals surface area (Å²) in [7, 11) is 0. The van der Waals surface area contributed by atoms with Crippen molar-refractivity contribution < 1.29 is 0 Å². The molecule has 3 nitrogen and oxygen atoms in total. The molecule has 106 valence electrons. The van der Waals surface area contributed by atoms with Crippen LogP contribution in [0.25, 0.3) is 0 Å². The maximum Gasteiger partial charge on any atom is 0.137 e. The van der Waals surface area contributed by atoms with Crippen LogP contribution in [0.5, 0.6) is 0 Å². The Balaban J connectivity index is 2.26. The first-order chi connectivity index (χ1) is 9.15. The number of aromatic nitrogens is 2. The first-order valence-corrected chi connectivity index (χ1v) is 8.47. The van der Waals surface area contributed by atoms with Gasteiger partial charge < -0.3 is 4.90 Å². The number of thioether (sulfide) groups is 1. The molecule has 19 heavy (non-hydrogen) atoms. The van der Waals surface area contributed by atoms with Crippen LogP contribution in [0, 0.1) is 6.92 Å². The average molecular weight is 300 g/mol. The van der Waals surface area contributed by atoms with E-state index in [0.717, 1.165) is 43.1 Å². The van der Waals surface area contributed by atoms with E-state index in [2.05, 4.69) is 35.5 Å². The lowest BCUT2D eigenvalue weighted by Gasteiger charge is -2.33. The first kappa shape index (κ1) is 14.9. The van der Waals surface area contributed by atoms with Crippen molar-refractivity contribution in [3.05, 3.63) is 16.5 Å². The second-order valence-electron chi connectivity index (χ2n) is 4.98. The van der Waals surface area contributed by atoms with Gasteiger partial charge in [0.2, 0.25) is 0 Å². The Bertz CT molecular complexity index is 439. The van der Waals surface area contributed by atoms with Gasteiger partial charge in [0.15, 0.2) is 0 Å². The van der Waals surface area contributed by atoms with Crippen LogP contribution in [0.3, 0.4) is 0 Å². The standard InChI is InChI=1S/C14H22ClN3S/c1-4-6-12-16-13(15)10(3)14(17-12)18-7-8-19-11(5-2)9-18/h11H,4-9H2,1-3H3. The largest absolute Gasteiger partial charge is 0.354 e. The van der Waals surface area contributed by atoms with Crippen LogP contribution in [0.1, 0.15) is 38.1 Å². The van der Waals surface area contributed by atoms with E-state index in [1.54, 1.807) is 0 Å². The van der Waals surface area contributed by atoms with E-state index in [1.807, 2.05) is 6.92 Å². The van der Waals surface area contributed by atoms with E-state index in [1.165, 1.54) is 12.2 Å². The van der Waals surface area contributed by atoms with Gasteiger partial charge >= 0.3 is 0 Å². The van der Waals surface area contributed by atoms with Crippen LogP contribution in [0.4, 0.5) is 5.82 Å². The van der Waals surface area contributed by atoms with Gasteiger partial charge in [-0.15, -0.1) is 0 Å². The third-order valence-corrected chi connectivity index (χ3v) is 5.21. The molecule has 0 bridgehead atoms. The van der Waals surface area contributed by atoms with Crippen molar-refractivity contribution in [2.24, 2.45) is 0 Å². The van der Waals surface area contributed by atoms with Gasteiger partial charge in [0, 0.05) is 36.1 Å². The Hall–Kier alpha value is -0.480. The van der Waals surface area contributed by atoms with Crippen LogP contribution in [0.15, 0.2) is 0 Å². The molecule has 1 fully saturated rings. The Kier molecular flexibility index (Phi) is 5.34. The molecule has 1 atom stereocenters. The minimum absolute atomic E-state index is 0.611. The third-order valence-electron chi connectivity index (χ3n) is 3.47. The summed E-state index contributed by atoms with van der Waals surface area (Å²) in [6.45, 7) is 8.54. The maximum absolute atomic E-state index is 6.26. The van der Waals surface area contributed by atoms with E-state index >= 15 is 0 Å². The molecule has 2 heterocycles. The van der Waals surface area contributed by atoms with Crippen molar-refractivity contribution in [3.8, 4) is 0 Å². The Morgan fingerprint density at radius 1 is 1.37 bits per heavy atom. The minimum Gasteiger partial charge on any atom is -0.354 e. The van der Waals surface area contributed by atoms with E-state index < -0.39 is 0 Å². The second kappa shape index (κ2) is 6.80. The number of anilines is 1. The molecule has 0 N–H and O–H groups in total. The van der Waals surface area contributed by atoms with E-state index in [0.29, 0.717) is 10.4 Å². The number of halogens is 1. The monoisotopic (exact) mass is 299 g/mol. The Morgan fingerprint density at radius 2 is 2.16 bits per heavy atom. The molecule has 1 unspecified atom stereocenters. The third kappa shape index (κ3) is 3.54. The molecule has 0 amide bonds. The van der Waals surface area contributed by atoms with Gasteiger partial charge in [0.05, 0.1) is 0 Å². The molecule has 0 aliphatic carbocycles. The summed E-state index contributed by atoms with van der Waals surface area (Å²) in [5, 5.41) is 1.32. The zero-order valence-corrected chi connectivity index (χ0v) is 13.5. The summed E-state index contributed by atoms with van der Waals surface area (Å²) in [6.07, 6.45) is 3.15. The average Bonchev–Trinajstić information content (AvgIpc) is 2.43. The fraction of sp³-hybridized carbons (Fsp3) is 0.714. The summed E-state index contributed by atoms with van der Waals surface area (Å²) >= 11 is 8.33. The predicted octanol–water partition coefficient (Wildman–Crippen LogP) is 3.72. The van der Waals surface area contributed by atoms with Crippen molar-refractivity contribution >= 4 is 29.2 Å². The maximum atomic E-state index is 6.26. The van der Waals surface area contributed by atoms with Crippen molar-refractivity contribution in [3.63, 3.8) is 0 Å². The highest BCUT2D eigenvalue weighted by Crippen LogP contribution is 2.29. The molecule has 0 saturated carbocycles. The second-order valence-corrected chi connectivity index (χ2v) is 6.74. The van der Waals surface area contributed by atoms with E-state index in [4.69, 9.17) is 16.6 Å².